The molecule has 2 aromatic carbocycles. The van der Waals surface area contributed by atoms with Crippen LogP contribution in [-0.4, -0.2) is 10.7 Å². The van der Waals surface area contributed by atoms with Gasteiger partial charge in [-0.15, -0.1) is 4.79 Å². The molecule has 0 heterocycles. The van der Waals surface area contributed by atoms with Crippen molar-refractivity contribution in [2.75, 3.05) is 0 Å². The van der Waals surface area contributed by atoms with Gasteiger partial charge in [-0.1, -0.05) is 121 Å². The zero-order valence-electron chi connectivity index (χ0n) is 24.8. The van der Waals surface area contributed by atoms with Gasteiger partial charge in [-0.05, 0) is 72.4 Å². The molecule has 2 aromatic rings. The van der Waals surface area contributed by atoms with E-state index in [-0.39, 0.29) is 0 Å². The number of unbranched alkanes of at least 4 members (excludes halogenated alkanes) is 8. The molecule has 0 aliphatic rings. The average molecular weight is 560 g/mol. The van der Waals surface area contributed by atoms with Crippen molar-refractivity contribution >= 4 is 11.4 Å². The van der Waals surface area contributed by atoms with Crippen LogP contribution < -0.4 is 0 Å². The number of aryl methyl sites for hydroxylation is 2. The van der Waals surface area contributed by atoms with Gasteiger partial charge >= 0.3 is 32.1 Å². The second kappa shape index (κ2) is 22.8. The Balaban J connectivity index is 0.00000229. The number of rotatable bonds is 17. The molecule has 0 aliphatic heterocycles. The van der Waals surface area contributed by atoms with Crippen molar-refractivity contribution in [1.82, 2.24) is 0 Å². The fourth-order valence-corrected chi connectivity index (χ4v) is 4.53. The summed E-state index contributed by atoms with van der Waals surface area (Å²) in [4.78, 5) is 3.26. The van der Waals surface area contributed by atoms with Crippen LogP contribution in [0.25, 0.3) is 11.1 Å². The molecule has 212 valence electrons. The minimum atomic E-state index is 0.868. The normalized spacial score (nSPS) is 10.9. The molecule has 0 unspecified atom stereocenters. The van der Waals surface area contributed by atoms with Crippen LogP contribution >= 0.6 is 0 Å². The fourth-order valence-electron chi connectivity index (χ4n) is 4.53. The number of benzene rings is 2. The van der Waals surface area contributed by atoms with E-state index in [9.17, 15) is 5.53 Å². The molecule has 0 radical (unpaired) electrons. The van der Waals surface area contributed by atoms with Crippen molar-refractivity contribution in [1.29, 1.82) is 0 Å². The van der Waals surface area contributed by atoms with Crippen molar-refractivity contribution in [3.05, 3.63) is 88.0 Å². The van der Waals surface area contributed by atoms with Gasteiger partial charge in [0.1, 0.15) is 0 Å². The predicted molar refractivity (Wildman–Crippen MR) is 164 cm³/mol. The van der Waals surface area contributed by atoms with Crippen LogP contribution in [0.2, 0.25) is 11.8 Å². The first-order chi connectivity index (χ1) is 18.6. The van der Waals surface area contributed by atoms with Crippen molar-refractivity contribution in [2.45, 2.75) is 122 Å². The van der Waals surface area contributed by atoms with Gasteiger partial charge < -0.3 is 5.53 Å². The number of nitrogens with zero attached hydrogens (tertiary/aromatic N) is 2. The summed E-state index contributed by atoms with van der Waals surface area (Å²) in [6.07, 6.45) is 19.1. The summed E-state index contributed by atoms with van der Waals surface area (Å²) < 4.78 is 0. The van der Waals surface area contributed by atoms with Gasteiger partial charge in [-0.2, -0.15) is 0 Å². The first-order valence-corrected chi connectivity index (χ1v) is 16.7. The van der Waals surface area contributed by atoms with Gasteiger partial charge in [-0.25, -0.2) is 0 Å². The van der Waals surface area contributed by atoms with Gasteiger partial charge in [0.05, 0.1) is 5.57 Å². The Kier molecular flexibility index (Phi) is 20.3. The van der Waals surface area contributed by atoms with Crippen LogP contribution in [0, 0.1) is 0 Å². The Labute approximate surface area is 240 Å². The van der Waals surface area contributed by atoms with Gasteiger partial charge in [0.2, 0.25) is 0 Å². The maximum absolute atomic E-state index is 9.25. The predicted octanol–water partition coefficient (Wildman–Crippen LogP) is 10.9. The summed E-state index contributed by atoms with van der Waals surface area (Å²) in [7, 11) is 0. The van der Waals surface area contributed by atoms with Crippen molar-refractivity contribution < 1.29 is 19.2 Å². The van der Waals surface area contributed by atoms with Gasteiger partial charge in [0, 0.05) is 0 Å². The first-order valence-electron chi connectivity index (χ1n) is 14.7. The molecule has 0 amide bonds. The summed E-state index contributed by atoms with van der Waals surface area (Å²) in [5.74, 6) is 6.97. The van der Waals surface area contributed by atoms with Crippen LogP contribution in [0.3, 0.4) is 0 Å². The summed E-state index contributed by atoms with van der Waals surface area (Å²) in [6.45, 7) is 6.72. The van der Waals surface area contributed by atoms with E-state index in [1.54, 1.807) is 14.4 Å². The van der Waals surface area contributed by atoms with Crippen LogP contribution in [0.4, 0.5) is 0 Å². The van der Waals surface area contributed by atoms with Crippen molar-refractivity contribution in [2.24, 2.45) is 0 Å². The summed E-state index contributed by atoms with van der Waals surface area (Å²) in [5.41, 5.74) is 16.6. The van der Waals surface area contributed by atoms with E-state index in [0.29, 0.717) is 0 Å². The molecule has 0 bridgehead atoms. The third-order valence-corrected chi connectivity index (χ3v) is 6.70. The molecular formula is C35H52N2Ni. The van der Waals surface area contributed by atoms with Gasteiger partial charge in [-0.3, -0.25) is 0 Å². The zero-order chi connectivity index (χ0) is 27.8. The molecule has 0 aliphatic carbocycles. The molecule has 0 saturated carbocycles. The van der Waals surface area contributed by atoms with E-state index >= 15 is 0 Å². The Morgan fingerprint density at radius 1 is 0.737 bits per heavy atom. The molecule has 0 atom stereocenters. The SMILES string of the molecule is CCCCCCCCc1cccc(C(=CC(=C=[N+]=[N-])CCCCC)c2ccc(CCCC)cc2)c1.[CH3][Ni][CH3]. The van der Waals surface area contributed by atoms with E-state index in [1.165, 1.54) is 92.0 Å². The number of allylic oxidation sites excluding steroid dienone is 2. The summed E-state index contributed by atoms with van der Waals surface area (Å²) >= 11 is 1.62. The summed E-state index contributed by atoms with van der Waals surface area (Å²) in [5, 5.41) is 0. The summed E-state index contributed by atoms with van der Waals surface area (Å²) in [6, 6.07) is 18.0. The second-order valence-corrected chi connectivity index (χ2v) is 11.1. The molecular weight excluding hydrogens is 507 g/mol. The van der Waals surface area contributed by atoms with E-state index in [0.717, 1.165) is 31.3 Å². The Hall–Kier alpha value is -2.17. The minimum absolute atomic E-state index is 0.868. The topological polar surface area (TPSA) is 36.4 Å². The maximum atomic E-state index is 9.25. The van der Waals surface area contributed by atoms with Crippen LogP contribution in [0.5, 0.6) is 0 Å². The first kappa shape index (κ1) is 33.9. The molecule has 3 heteroatoms. The third-order valence-electron chi connectivity index (χ3n) is 6.70. The Morgan fingerprint density at radius 2 is 1.34 bits per heavy atom. The van der Waals surface area contributed by atoms with Crippen LogP contribution in [0.1, 0.15) is 120 Å². The molecule has 0 aromatic heterocycles. The molecule has 2 nitrogen and oxygen atoms in total. The quantitative estimate of drug-likeness (QED) is 0.0462. The molecule has 0 fully saturated rings. The third kappa shape index (κ3) is 14.7. The standard InChI is InChI=1S/C33H46N2.2CH3.Ni/c1-4-7-10-11-12-14-17-29-19-15-20-32(25-29)33(26-30(27-35-34)18-13-8-5-2)31-23-21-28(22-24-31)16-9-6-3;;;/h15,19-26H,4-14,16-18H2,1-3H3;2*1H3;. The molecule has 0 saturated heterocycles. The molecule has 0 N–H and O–H groups in total. The zero-order valence-corrected chi connectivity index (χ0v) is 25.8. The Morgan fingerprint density at radius 3 is 2.00 bits per heavy atom. The van der Waals surface area contributed by atoms with Gasteiger partial charge in [0.15, 0.2) is 0 Å². The number of hydrogen-bond donors (Lipinski definition) is 0. The van der Waals surface area contributed by atoms with E-state index < -0.39 is 0 Å². The van der Waals surface area contributed by atoms with E-state index in [4.69, 9.17) is 0 Å². The fraction of sp³-hybridized carbons (Fsp3) is 0.543. The second-order valence-electron chi connectivity index (χ2n) is 10.1. The monoisotopic (exact) mass is 558 g/mol. The van der Waals surface area contributed by atoms with Crippen LogP contribution in [-0.2, 0) is 27.3 Å². The van der Waals surface area contributed by atoms with E-state index in [1.807, 2.05) is 0 Å². The van der Waals surface area contributed by atoms with Crippen molar-refractivity contribution in [3.8, 4) is 0 Å². The van der Waals surface area contributed by atoms with Gasteiger partial charge in [0.25, 0.3) is 0 Å². The molecule has 2 rings (SSSR count). The van der Waals surface area contributed by atoms with E-state index in [2.05, 4.69) is 97.8 Å². The van der Waals surface area contributed by atoms with Crippen molar-refractivity contribution in [3.63, 3.8) is 0 Å². The average Bonchev–Trinajstić information content (AvgIpc) is 2.93. The molecule has 38 heavy (non-hydrogen) atoms. The van der Waals surface area contributed by atoms with Crippen LogP contribution in [0.15, 0.2) is 60.2 Å². The number of hydrogen-bond acceptors (Lipinski definition) is 0. The molecule has 0 spiro atoms. The Bertz CT molecular complexity index is 993.